The molecule has 158 valence electrons. The van der Waals surface area contributed by atoms with E-state index in [1.54, 1.807) is 6.07 Å². The maximum absolute atomic E-state index is 13.0. The molecule has 4 rings (SSSR count). The molecule has 7 heteroatoms. The molecule has 2 N–H and O–H groups in total. The molecule has 0 saturated heterocycles. The Balaban J connectivity index is 1.65. The molecule has 0 radical (unpaired) electrons. The van der Waals surface area contributed by atoms with E-state index < -0.39 is 17.6 Å². The number of aromatic amines is 1. The summed E-state index contributed by atoms with van der Waals surface area (Å²) in [4.78, 5) is 15.9. The van der Waals surface area contributed by atoms with E-state index in [0.717, 1.165) is 34.2 Å². The summed E-state index contributed by atoms with van der Waals surface area (Å²) in [6, 6.07) is 19.5. The Labute approximate surface area is 181 Å². The first-order valence-electron chi connectivity index (χ1n) is 9.60. The number of hydrogen-bond donors (Lipinski definition) is 2. The zero-order chi connectivity index (χ0) is 22.0. The number of nitrogens with one attached hydrogen (secondary N) is 2. The van der Waals surface area contributed by atoms with E-state index >= 15 is 0 Å². The number of amides is 1. The van der Waals surface area contributed by atoms with Crippen molar-refractivity contribution in [1.29, 1.82) is 0 Å². The summed E-state index contributed by atoms with van der Waals surface area (Å²) in [7, 11) is 0. The monoisotopic (exact) mass is 442 g/mol. The van der Waals surface area contributed by atoms with Crippen molar-refractivity contribution in [2.45, 2.75) is 12.1 Å². The average molecular weight is 443 g/mol. The lowest BCUT2D eigenvalue weighted by Gasteiger charge is -2.19. The highest BCUT2D eigenvalue weighted by Gasteiger charge is 2.31. The minimum Gasteiger partial charge on any atom is -0.361 e. The van der Waals surface area contributed by atoms with Crippen molar-refractivity contribution in [3.63, 3.8) is 0 Å². The van der Waals surface area contributed by atoms with Gasteiger partial charge in [-0.15, -0.1) is 0 Å². The number of H-pyrrole nitrogens is 1. The van der Waals surface area contributed by atoms with Crippen LogP contribution in [0.3, 0.4) is 0 Å². The van der Waals surface area contributed by atoms with Crippen LogP contribution < -0.4 is 5.32 Å². The van der Waals surface area contributed by atoms with Gasteiger partial charge in [0.2, 0.25) is 0 Å². The van der Waals surface area contributed by atoms with Gasteiger partial charge in [0.15, 0.2) is 0 Å². The first-order valence-corrected chi connectivity index (χ1v) is 9.98. The number of hydrogen-bond acceptors (Lipinski definition) is 1. The number of carbonyl (C=O) groups is 1. The zero-order valence-corrected chi connectivity index (χ0v) is 17.0. The highest BCUT2D eigenvalue weighted by Crippen LogP contribution is 2.34. The van der Waals surface area contributed by atoms with E-state index in [1.165, 1.54) is 12.1 Å². The van der Waals surface area contributed by atoms with Gasteiger partial charge in [-0.3, -0.25) is 4.79 Å². The molecule has 1 unspecified atom stereocenters. The maximum Gasteiger partial charge on any atom is 0.416 e. The van der Waals surface area contributed by atoms with Crippen LogP contribution in [0.1, 0.15) is 33.0 Å². The number of carbonyl (C=O) groups excluding carboxylic acids is 1. The summed E-state index contributed by atoms with van der Waals surface area (Å²) in [5.74, 6) is -0.873. The second kappa shape index (κ2) is 8.47. The van der Waals surface area contributed by atoms with Crippen LogP contribution in [-0.4, -0.2) is 17.4 Å². The van der Waals surface area contributed by atoms with Gasteiger partial charge in [0, 0.05) is 40.1 Å². The van der Waals surface area contributed by atoms with Crippen LogP contribution in [0.2, 0.25) is 5.02 Å². The fourth-order valence-electron chi connectivity index (χ4n) is 3.66. The molecular weight excluding hydrogens is 425 g/mol. The Morgan fingerprint density at radius 3 is 2.48 bits per heavy atom. The Bertz CT molecular complexity index is 1230. The van der Waals surface area contributed by atoms with Crippen LogP contribution in [0.4, 0.5) is 13.2 Å². The normalized spacial score (nSPS) is 12.6. The second-order valence-electron chi connectivity index (χ2n) is 7.15. The summed E-state index contributed by atoms with van der Waals surface area (Å²) in [5, 5.41) is 4.31. The SMILES string of the molecule is O=C(NCC(c1ccccc1Cl)c1c[nH]c2ccccc12)c1cccc(C(F)(F)F)c1. The second-order valence-corrected chi connectivity index (χ2v) is 7.56. The molecule has 1 atom stereocenters. The van der Waals surface area contributed by atoms with Crippen LogP contribution in [0.25, 0.3) is 10.9 Å². The van der Waals surface area contributed by atoms with E-state index in [9.17, 15) is 18.0 Å². The third kappa shape index (κ3) is 4.44. The fraction of sp³-hybridized carbons (Fsp3) is 0.125. The van der Waals surface area contributed by atoms with Crippen LogP contribution in [0.15, 0.2) is 79.0 Å². The highest BCUT2D eigenvalue weighted by molar-refractivity contribution is 6.31. The molecule has 3 nitrogen and oxygen atoms in total. The lowest BCUT2D eigenvalue weighted by Crippen LogP contribution is -2.29. The minimum atomic E-state index is -4.51. The molecule has 0 saturated carbocycles. The van der Waals surface area contributed by atoms with Crippen molar-refractivity contribution in [2.24, 2.45) is 0 Å². The van der Waals surface area contributed by atoms with E-state index in [4.69, 9.17) is 11.6 Å². The Morgan fingerprint density at radius 2 is 1.71 bits per heavy atom. The molecule has 31 heavy (non-hydrogen) atoms. The number of para-hydroxylation sites is 1. The fourth-order valence-corrected chi connectivity index (χ4v) is 3.93. The summed E-state index contributed by atoms with van der Waals surface area (Å²) in [6.07, 6.45) is -2.64. The average Bonchev–Trinajstić information content (AvgIpc) is 3.18. The molecule has 0 aliphatic carbocycles. The Kier molecular flexibility index (Phi) is 5.74. The molecule has 0 aliphatic heterocycles. The molecule has 0 aliphatic rings. The van der Waals surface area contributed by atoms with Crippen molar-refractivity contribution < 1.29 is 18.0 Å². The first-order chi connectivity index (χ1) is 14.8. The van der Waals surface area contributed by atoms with Gasteiger partial charge < -0.3 is 10.3 Å². The van der Waals surface area contributed by atoms with Crippen LogP contribution in [0, 0.1) is 0 Å². The molecular formula is C24H18ClF3N2O. The van der Waals surface area contributed by atoms with Crippen LogP contribution >= 0.6 is 11.6 Å². The Hall–Kier alpha value is -3.25. The number of alkyl halides is 3. The standard InChI is InChI=1S/C24H18ClF3N2O/c25-21-10-3-1-8-17(21)19(20-13-29-22-11-4-2-9-18(20)22)14-30-23(31)15-6-5-7-16(12-15)24(26,27)28/h1-13,19,29H,14H2,(H,30,31). The van der Waals surface area contributed by atoms with E-state index in [-0.39, 0.29) is 18.0 Å². The van der Waals surface area contributed by atoms with Crippen molar-refractivity contribution in [3.05, 3.63) is 106 Å². The molecule has 0 fully saturated rings. The first kappa shape index (κ1) is 21.0. The predicted octanol–water partition coefficient (Wildman–Crippen LogP) is 6.40. The van der Waals surface area contributed by atoms with Gasteiger partial charge in [-0.25, -0.2) is 0 Å². The number of fused-ring (bicyclic) bond motifs is 1. The zero-order valence-electron chi connectivity index (χ0n) is 16.2. The third-order valence-electron chi connectivity index (χ3n) is 5.20. The van der Waals surface area contributed by atoms with Crippen LogP contribution in [-0.2, 0) is 6.18 Å². The lowest BCUT2D eigenvalue weighted by molar-refractivity contribution is -0.137. The number of halogens is 4. The molecule has 0 spiro atoms. The van der Waals surface area contributed by atoms with Gasteiger partial charge in [-0.1, -0.05) is 54.1 Å². The maximum atomic E-state index is 13.0. The van der Waals surface area contributed by atoms with E-state index in [2.05, 4.69) is 10.3 Å². The highest BCUT2D eigenvalue weighted by atomic mass is 35.5. The minimum absolute atomic E-state index is 0.0494. The Morgan fingerprint density at radius 1 is 0.968 bits per heavy atom. The van der Waals surface area contributed by atoms with Crippen LogP contribution in [0.5, 0.6) is 0 Å². The van der Waals surface area contributed by atoms with E-state index in [0.29, 0.717) is 5.02 Å². The smallest absolute Gasteiger partial charge is 0.361 e. The summed E-state index contributed by atoms with van der Waals surface area (Å²) >= 11 is 6.44. The third-order valence-corrected chi connectivity index (χ3v) is 5.54. The lowest BCUT2D eigenvalue weighted by atomic mass is 9.90. The topological polar surface area (TPSA) is 44.9 Å². The van der Waals surface area contributed by atoms with E-state index in [1.807, 2.05) is 48.7 Å². The number of aromatic nitrogens is 1. The molecule has 1 aromatic heterocycles. The largest absolute Gasteiger partial charge is 0.416 e. The van der Waals surface area contributed by atoms with Gasteiger partial charge >= 0.3 is 6.18 Å². The van der Waals surface area contributed by atoms with Crippen molar-refractivity contribution in [3.8, 4) is 0 Å². The summed E-state index contributed by atoms with van der Waals surface area (Å²) in [5.41, 5.74) is 1.79. The number of benzene rings is 3. The summed E-state index contributed by atoms with van der Waals surface area (Å²) in [6.45, 7) is 0.167. The van der Waals surface area contributed by atoms with Gasteiger partial charge in [0.1, 0.15) is 0 Å². The van der Waals surface area contributed by atoms with Crippen molar-refractivity contribution in [2.75, 3.05) is 6.54 Å². The van der Waals surface area contributed by atoms with Crippen molar-refractivity contribution in [1.82, 2.24) is 10.3 Å². The molecule has 1 amide bonds. The summed E-state index contributed by atoms with van der Waals surface area (Å²) < 4.78 is 39.0. The van der Waals surface area contributed by atoms with Gasteiger partial charge in [0.25, 0.3) is 5.91 Å². The molecule has 4 aromatic rings. The van der Waals surface area contributed by atoms with Gasteiger partial charge in [-0.05, 0) is 41.5 Å². The predicted molar refractivity (Wildman–Crippen MR) is 115 cm³/mol. The molecule has 1 heterocycles. The quantitative estimate of drug-likeness (QED) is 0.369. The van der Waals surface area contributed by atoms with Gasteiger partial charge in [-0.2, -0.15) is 13.2 Å². The molecule has 0 bridgehead atoms. The number of rotatable bonds is 5. The van der Waals surface area contributed by atoms with Gasteiger partial charge in [0.05, 0.1) is 5.56 Å². The van der Waals surface area contributed by atoms with Crippen molar-refractivity contribution >= 4 is 28.4 Å². The molecule has 3 aromatic carbocycles.